The van der Waals surface area contributed by atoms with Crippen LogP contribution >= 0.6 is 0 Å². The average Bonchev–Trinajstić information content (AvgIpc) is 3.26. The van der Waals surface area contributed by atoms with Crippen molar-refractivity contribution in [1.29, 1.82) is 0 Å². The Labute approximate surface area is 352 Å². The van der Waals surface area contributed by atoms with E-state index in [1.54, 1.807) is 7.11 Å². The first kappa shape index (κ1) is 41.1. The Morgan fingerprint density at radius 2 is 0.661 bits per heavy atom. The van der Waals surface area contributed by atoms with E-state index in [0.29, 0.717) is 16.9 Å². The number of methoxy groups -OCH3 is 1. The summed E-state index contributed by atoms with van der Waals surface area (Å²) in [6.45, 7) is 17.7. The second-order valence-electron chi connectivity index (χ2n) is 18.1. The second kappa shape index (κ2) is 15.9. The third kappa shape index (κ3) is 7.56. The fraction of sp³-hybridized carbons (Fsp3) is 0.250. The number of rotatable bonds is 12. The fourth-order valence-corrected chi connectivity index (χ4v) is 8.90. The summed E-state index contributed by atoms with van der Waals surface area (Å²) < 4.78 is 6.15. The number of ether oxygens (including phenoxy) is 1. The van der Waals surface area contributed by atoms with Crippen LogP contribution in [0.5, 0.6) is 17.2 Å². The maximum Gasteiger partial charge on any atom is 0.123 e. The van der Waals surface area contributed by atoms with Crippen molar-refractivity contribution >= 4 is 0 Å². The van der Waals surface area contributed by atoms with Crippen molar-refractivity contribution in [1.82, 2.24) is 0 Å². The normalized spacial score (nSPS) is 12.4. The molecule has 0 heterocycles. The Balaban J connectivity index is 1.63. The minimum absolute atomic E-state index is 0.193. The van der Waals surface area contributed by atoms with Crippen molar-refractivity contribution in [2.45, 2.75) is 83.0 Å². The molecule has 0 aliphatic rings. The predicted octanol–water partition coefficient (Wildman–Crippen LogP) is 13.6. The van der Waals surface area contributed by atoms with Gasteiger partial charge in [-0.15, -0.1) is 0 Å². The van der Waals surface area contributed by atoms with Crippen LogP contribution in [0, 0.1) is 0 Å². The van der Waals surface area contributed by atoms with Crippen molar-refractivity contribution in [2.24, 2.45) is 0 Å². The maximum atomic E-state index is 13.1. The Morgan fingerprint density at radius 3 is 1.00 bits per heavy atom. The molecule has 0 atom stereocenters. The molecule has 7 rings (SSSR count). The van der Waals surface area contributed by atoms with Crippen LogP contribution < -0.4 is 4.74 Å². The lowest BCUT2D eigenvalue weighted by molar-refractivity contribution is 0.406. The van der Waals surface area contributed by atoms with Crippen molar-refractivity contribution in [3.05, 3.63) is 231 Å². The van der Waals surface area contributed by atoms with Crippen molar-refractivity contribution in [2.75, 3.05) is 7.11 Å². The van der Waals surface area contributed by atoms with Crippen LogP contribution in [0.1, 0.15) is 123 Å². The van der Waals surface area contributed by atoms with Crippen LogP contribution in [0.4, 0.5) is 0 Å². The first-order chi connectivity index (χ1) is 28.1. The van der Waals surface area contributed by atoms with E-state index >= 15 is 0 Å². The summed E-state index contributed by atoms with van der Waals surface area (Å²) in [6.07, 6.45) is 0. The van der Waals surface area contributed by atoms with Gasteiger partial charge in [0.15, 0.2) is 0 Å². The van der Waals surface area contributed by atoms with Crippen molar-refractivity contribution < 1.29 is 14.9 Å². The van der Waals surface area contributed by atoms with Crippen LogP contribution in [0.25, 0.3) is 0 Å². The van der Waals surface area contributed by atoms with Gasteiger partial charge < -0.3 is 14.9 Å². The van der Waals surface area contributed by atoms with Gasteiger partial charge in [-0.2, -0.15) is 0 Å². The Morgan fingerprint density at radius 1 is 0.356 bits per heavy atom. The molecular weight excluding hydrogens is 721 g/mol. The molecule has 7 aromatic rings. The van der Waals surface area contributed by atoms with Gasteiger partial charge in [0.2, 0.25) is 0 Å². The molecule has 7 aromatic carbocycles. The highest BCUT2D eigenvalue weighted by molar-refractivity contribution is 5.65. The number of para-hydroxylation sites is 1. The topological polar surface area (TPSA) is 49.7 Å². The largest absolute Gasteiger partial charge is 0.507 e. The molecule has 0 aromatic heterocycles. The molecule has 0 fully saturated rings. The predicted molar refractivity (Wildman–Crippen MR) is 244 cm³/mol. The van der Waals surface area contributed by atoms with Gasteiger partial charge in [0.25, 0.3) is 0 Å². The molecule has 0 saturated carbocycles. The van der Waals surface area contributed by atoms with Gasteiger partial charge in [-0.1, -0.05) is 219 Å². The number of aromatic hydroxyl groups is 2. The van der Waals surface area contributed by atoms with Gasteiger partial charge in [0, 0.05) is 55.4 Å². The van der Waals surface area contributed by atoms with E-state index in [4.69, 9.17) is 4.74 Å². The van der Waals surface area contributed by atoms with E-state index in [1.807, 2.05) is 42.5 Å². The van der Waals surface area contributed by atoms with Gasteiger partial charge in [-0.3, -0.25) is 0 Å². The lowest BCUT2D eigenvalue weighted by atomic mass is 9.68. The highest BCUT2D eigenvalue weighted by atomic mass is 16.5. The van der Waals surface area contributed by atoms with E-state index in [9.17, 15) is 10.2 Å². The van der Waals surface area contributed by atoms with Crippen molar-refractivity contribution in [3.8, 4) is 17.2 Å². The van der Waals surface area contributed by atoms with Gasteiger partial charge in [0.05, 0.1) is 7.11 Å². The molecule has 59 heavy (non-hydrogen) atoms. The van der Waals surface area contributed by atoms with E-state index in [-0.39, 0.29) is 11.5 Å². The molecule has 0 aliphatic carbocycles. The highest BCUT2D eigenvalue weighted by Gasteiger charge is 2.38. The van der Waals surface area contributed by atoms with E-state index < -0.39 is 27.6 Å². The SMILES string of the molecule is COc1ccccc1C(c1cc(C(C)(C)c2ccccc2)cc(C(C)(C)c2ccccc2)c1O)c1cc(C(C)(C)c2ccccc2)cc(C(C)(C)c2ccccc2)c1O. The lowest BCUT2D eigenvalue weighted by Crippen LogP contribution is -2.25. The third-order valence-corrected chi connectivity index (χ3v) is 13.1. The number of benzene rings is 7. The zero-order valence-corrected chi connectivity index (χ0v) is 36.0. The molecule has 0 radical (unpaired) electrons. The summed E-state index contributed by atoms with van der Waals surface area (Å²) in [6, 6.07) is 58.6. The zero-order chi connectivity index (χ0) is 42.2. The van der Waals surface area contributed by atoms with Crippen LogP contribution in [0.3, 0.4) is 0 Å². The van der Waals surface area contributed by atoms with Gasteiger partial charge in [-0.05, 0) is 39.4 Å². The minimum Gasteiger partial charge on any atom is -0.507 e. The molecule has 0 unspecified atom stereocenters. The molecule has 3 nitrogen and oxygen atoms in total. The quantitative estimate of drug-likeness (QED) is 0.121. The molecular formula is C56H58O3. The average molecular weight is 779 g/mol. The Bertz CT molecular complexity index is 2380. The number of phenols is 2. The first-order valence-corrected chi connectivity index (χ1v) is 20.7. The van der Waals surface area contributed by atoms with Crippen LogP contribution in [0.2, 0.25) is 0 Å². The zero-order valence-electron chi connectivity index (χ0n) is 36.0. The Kier molecular flexibility index (Phi) is 11.1. The summed E-state index contributed by atoms with van der Waals surface area (Å²) >= 11 is 0. The van der Waals surface area contributed by atoms with Gasteiger partial charge in [0.1, 0.15) is 17.2 Å². The summed E-state index contributed by atoms with van der Waals surface area (Å²) in [5.41, 5.74) is 8.40. The molecule has 0 amide bonds. The van der Waals surface area contributed by atoms with Gasteiger partial charge >= 0.3 is 0 Å². The molecule has 2 N–H and O–H groups in total. The smallest absolute Gasteiger partial charge is 0.123 e. The molecule has 300 valence electrons. The summed E-state index contributed by atoms with van der Waals surface area (Å²) in [7, 11) is 1.69. The lowest BCUT2D eigenvalue weighted by Gasteiger charge is -2.36. The summed E-state index contributed by atoms with van der Waals surface area (Å²) in [4.78, 5) is 0. The standard InChI is InChI=1S/C56H58O3/c1-53(2,38-24-14-10-15-25-38)42-34-45(51(57)47(36-42)55(5,6)40-28-18-12-19-29-40)50(44-32-22-23-33-49(44)59-9)46-35-43(54(3,4)39-26-16-11-17-27-39)37-48(52(46)58)56(7,8)41-30-20-13-21-31-41/h10-37,50,57-58H,1-9H3. The molecule has 0 saturated heterocycles. The highest BCUT2D eigenvalue weighted by Crippen LogP contribution is 2.53. The van der Waals surface area contributed by atoms with E-state index in [1.165, 1.54) is 0 Å². The number of hydrogen-bond acceptors (Lipinski definition) is 3. The molecule has 0 spiro atoms. The van der Waals surface area contributed by atoms with E-state index in [0.717, 1.165) is 50.1 Å². The number of hydrogen-bond donors (Lipinski definition) is 2. The monoisotopic (exact) mass is 778 g/mol. The second-order valence-corrected chi connectivity index (χ2v) is 18.1. The van der Waals surface area contributed by atoms with Gasteiger partial charge in [-0.25, -0.2) is 0 Å². The first-order valence-electron chi connectivity index (χ1n) is 20.7. The third-order valence-electron chi connectivity index (χ3n) is 13.1. The fourth-order valence-electron chi connectivity index (χ4n) is 8.90. The minimum atomic E-state index is -0.639. The van der Waals surface area contributed by atoms with E-state index in [2.05, 4.69) is 183 Å². The Hall–Kier alpha value is -6.06. The number of phenolic OH excluding ortho intramolecular Hbond substituents is 2. The molecule has 3 heteroatoms. The molecule has 0 aliphatic heterocycles. The molecule has 0 bridgehead atoms. The summed E-state index contributed by atoms with van der Waals surface area (Å²) in [5.74, 6) is 0.418. The van der Waals surface area contributed by atoms with Crippen LogP contribution in [-0.4, -0.2) is 17.3 Å². The summed E-state index contributed by atoms with van der Waals surface area (Å²) in [5, 5.41) is 26.2. The van der Waals surface area contributed by atoms with Crippen LogP contribution in [0.15, 0.2) is 170 Å². The van der Waals surface area contributed by atoms with Crippen LogP contribution in [-0.2, 0) is 21.7 Å². The van der Waals surface area contributed by atoms with Crippen molar-refractivity contribution in [3.63, 3.8) is 0 Å². The maximum absolute atomic E-state index is 13.1.